The molecule has 1 saturated heterocycles. The maximum absolute atomic E-state index is 11.7. The predicted molar refractivity (Wildman–Crippen MR) is 62.3 cm³/mol. The van der Waals surface area contributed by atoms with Crippen molar-refractivity contribution in [2.24, 2.45) is 0 Å². The zero-order valence-corrected chi connectivity index (χ0v) is 9.49. The molecule has 2 amide bonds. The molecule has 0 aromatic heterocycles. The summed E-state index contributed by atoms with van der Waals surface area (Å²) < 4.78 is 5.58. The van der Waals surface area contributed by atoms with Crippen molar-refractivity contribution in [3.8, 4) is 5.75 Å². The van der Waals surface area contributed by atoms with E-state index in [4.69, 9.17) is 10.1 Å². The second-order valence-electron chi connectivity index (χ2n) is 4.32. The van der Waals surface area contributed by atoms with Crippen molar-refractivity contribution in [1.82, 2.24) is 10.2 Å². The Kier molecular flexibility index (Phi) is 1.92. The van der Waals surface area contributed by atoms with Crippen LogP contribution in [0.5, 0.6) is 5.75 Å². The molecule has 1 aromatic rings. The Labute approximate surface area is 98.9 Å². The van der Waals surface area contributed by atoms with E-state index in [-0.39, 0.29) is 11.9 Å². The number of rotatable bonds is 0. The average molecular weight is 231 g/mol. The fourth-order valence-corrected chi connectivity index (χ4v) is 2.62. The van der Waals surface area contributed by atoms with Crippen LogP contribution in [0.4, 0.5) is 4.79 Å². The highest BCUT2D eigenvalue weighted by Gasteiger charge is 2.52. The highest BCUT2D eigenvalue weighted by atomic mass is 16.5. The zero-order valence-electron chi connectivity index (χ0n) is 9.49. The van der Waals surface area contributed by atoms with Crippen LogP contribution in [-0.4, -0.2) is 30.4 Å². The standard InChI is InChI=1S/C12H13N3O2/c1-15-11(16)14-10(13)12(15)6-7-17-9-5-3-2-4-8(9)12/h2-5H,6-7H2,1H3,(H2,13,14,16). The van der Waals surface area contributed by atoms with Crippen LogP contribution in [0.3, 0.4) is 0 Å². The lowest BCUT2D eigenvalue weighted by atomic mass is 9.83. The fourth-order valence-electron chi connectivity index (χ4n) is 2.62. The molecule has 0 radical (unpaired) electrons. The highest BCUT2D eigenvalue weighted by Crippen LogP contribution is 2.43. The molecule has 0 bridgehead atoms. The largest absolute Gasteiger partial charge is 0.493 e. The Morgan fingerprint density at radius 1 is 1.47 bits per heavy atom. The molecular weight excluding hydrogens is 218 g/mol. The van der Waals surface area contributed by atoms with Gasteiger partial charge in [-0.1, -0.05) is 18.2 Å². The summed E-state index contributed by atoms with van der Waals surface area (Å²) in [5.74, 6) is 0.993. The number of amidine groups is 1. The second kappa shape index (κ2) is 3.23. The number of carbonyl (C=O) groups excluding carboxylic acids is 1. The van der Waals surface area contributed by atoms with Gasteiger partial charge in [0.15, 0.2) is 0 Å². The number of likely N-dealkylation sites (N-methyl/N-ethyl adjacent to an activating group) is 1. The van der Waals surface area contributed by atoms with E-state index in [0.717, 1.165) is 11.3 Å². The first-order valence-electron chi connectivity index (χ1n) is 5.52. The predicted octanol–water partition coefficient (Wildman–Crippen LogP) is 1.30. The summed E-state index contributed by atoms with van der Waals surface area (Å²) in [6, 6.07) is 7.36. The van der Waals surface area contributed by atoms with Crippen molar-refractivity contribution in [3.05, 3.63) is 29.8 Å². The molecule has 17 heavy (non-hydrogen) atoms. The van der Waals surface area contributed by atoms with E-state index in [0.29, 0.717) is 13.0 Å². The summed E-state index contributed by atoms with van der Waals surface area (Å²) >= 11 is 0. The Morgan fingerprint density at radius 2 is 2.24 bits per heavy atom. The molecule has 2 aliphatic heterocycles. The number of fused-ring (bicyclic) bond motifs is 2. The van der Waals surface area contributed by atoms with Gasteiger partial charge in [0, 0.05) is 19.0 Å². The van der Waals surface area contributed by atoms with Crippen LogP contribution in [0.1, 0.15) is 12.0 Å². The minimum Gasteiger partial charge on any atom is -0.493 e. The van der Waals surface area contributed by atoms with Crippen LogP contribution in [0.2, 0.25) is 0 Å². The van der Waals surface area contributed by atoms with Gasteiger partial charge in [0.2, 0.25) is 0 Å². The van der Waals surface area contributed by atoms with Crippen molar-refractivity contribution >= 4 is 11.9 Å². The van der Waals surface area contributed by atoms with Crippen molar-refractivity contribution in [2.75, 3.05) is 13.7 Å². The topological polar surface area (TPSA) is 65.4 Å². The van der Waals surface area contributed by atoms with Crippen molar-refractivity contribution < 1.29 is 9.53 Å². The molecule has 88 valence electrons. The number of ether oxygens (including phenoxy) is 1. The lowest BCUT2D eigenvalue weighted by molar-refractivity contribution is 0.150. The molecule has 5 nitrogen and oxygen atoms in total. The normalized spacial score (nSPS) is 26.8. The van der Waals surface area contributed by atoms with E-state index in [1.54, 1.807) is 11.9 Å². The second-order valence-corrected chi connectivity index (χ2v) is 4.32. The number of nitrogens with zero attached hydrogens (tertiary/aromatic N) is 1. The summed E-state index contributed by atoms with van der Waals surface area (Å²) in [4.78, 5) is 13.3. The minimum absolute atomic E-state index is 0.230. The van der Waals surface area contributed by atoms with Gasteiger partial charge in [0.05, 0.1) is 6.61 Å². The molecule has 3 rings (SSSR count). The van der Waals surface area contributed by atoms with Crippen LogP contribution in [0.15, 0.2) is 24.3 Å². The lowest BCUT2D eigenvalue weighted by Gasteiger charge is -2.38. The first-order chi connectivity index (χ1) is 8.16. The molecule has 1 aromatic carbocycles. The van der Waals surface area contributed by atoms with Crippen LogP contribution in [-0.2, 0) is 5.54 Å². The number of hydrogen-bond acceptors (Lipinski definition) is 3. The van der Waals surface area contributed by atoms with Gasteiger partial charge in [-0.25, -0.2) is 4.79 Å². The smallest absolute Gasteiger partial charge is 0.323 e. The third-order valence-electron chi connectivity index (χ3n) is 3.58. The number of para-hydroxylation sites is 1. The molecule has 0 aliphatic carbocycles. The Morgan fingerprint density at radius 3 is 2.94 bits per heavy atom. The summed E-state index contributed by atoms with van der Waals surface area (Å²) in [6.07, 6.45) is 0.609. The maximum Gasteiger partial charge on any atom is 0.323 e. The monoisotopic (exact) mass is 231 g/mol. The quantitative estimate of drug-likeness (QED) is 0.706. The molecule has 1 spiro atoms. The highest BCUT2D eigenvalue weighted by molar-refractivity contribution is 6.09. The van der Waals surface area contributed by atoms with Crippen LogP contribution < -0.4 is 10.1 Å². The average Bonchev–Trinajstić information content (AvgIpc) is 2.55. The van der Waals surface area contributed by atoms with E-state index in [2.05, 4.69) is 5.32 Å². The molecule has 2 N–H and O–H groups in total. The summed E-state index contributed by atoms with van der Waals surface area (Å²) in [5.41, 5.74) is 0.212. The van der Waals surface area contributed by atoms with Crippen molar-refractivity contribution in [2.45, 2.75) is 12.0 Å². The van der Waals surface area contributed by atoms with E-state index in [1.807, 2.05) is 24.3 Å². The van der Waals surface area contributed by atoms with Crippen LogP contribution >= 0.6 is 0 Å². The third-order valence-corrected chi connectivity index (χ3v) is 3.58. The fraction of sp³-hybridized carbons (Fsp3) is 0.333. The van der Waals surface area contributed by atoms with E-state index < -0.39 is 5.54 Å². The molecule has 5 heteroatoms. The number of nitrogens with one attached hydrogen (secondary N) is 2. The number of benzene rings is 1. The SMILES string of the molecule is CN1C(=O)NC(=N)C12CCOc1ccccc12. The van der Waals surface area contributed by atoms with E-state index in [1.165, 1.54) is 0 Å². The molecular formula is C12H13N3O2. The Balaban J connectivity index is 2.22. The van der Waals surface area contributed by atoms with Gasteiger partial charge >= 0.3 is 6.03 Å². The minimum atomic E-state index is -0.675. The first-order valence-corrected chi connectivity index (χ1v) is 5.52. The van der Waals surface area contributed by atoms with Gasteiger partial charge in [-0.3, -0.25) is 10.7 Å². The zero-order chi connectivity index (χ0) is 12.0. The van der Waals surface area contributed by atoms with Crippen molar-refractivity contribution in [1.29, 1.82) is 5.41 Å². The van der Waals surface area contributed by atoms with Gasteiger partial charge in [-0.05, 0) is 6.07 Å². The first kappa shape index (κ1) is 10.1. The summed E-state index contributed by atoms with van der Waals surface area (Å²) in [6.45, 7) is 0.513. The van der Waals surface area contributed by atoms with Crippen molar-refractivity contribution in [3.63, 3.8) is 0 Å². The number of carbonyl (C=O) groups is 1. The molecule has 1 fully saturated rings. The van der Waals surface area contributed by atoms with Crippen LogP contribution in [0, 0.1) is 5.41 Å². The summed E-state index contributed by atoms with van der Waals surface area (Å²) in [7, 11) is 1.72. The molecule has 1 unspecified atom stereocenters. The molecule has 2 aliphatic rings. The number of hydrogen-bond donors (Lipinski definition) is 2. The summed E-state index contributed by atoms with van der Waals surface area (Å²) in [5, 5.41) is 10.6. The maximum atomic E-state index is 11.7. The number of amides is 2. The lowest BCUT2D eigenvalue weighted by Crippen LogP contribution is -2.47. The van der Waals surface area contributed by atoms with E-state index in [9.17, 15) is 4.79 Å². The van der Waals surface area contributed by atoms with E-state index >= 15 is 0 Å². The van der Waals surface area contributed by atoms with Gasteiger partial charge in [0.25, 0.3) is 0 Å². The Bertz CT molecular complexity index is 514. The molecule has 0 saturated carbocycles. The van der Waals surface area contributed by atoms with Gasteiger partial charge < -0.3 is 9.64 Å². The number of urea groups is 1. The Hall–Kier alpha value is -2.04. The van der Waals surface area contributed by atoms with Crippen LogP contribution in [0.25, 0.3) is 0 Å². The van der Waals surface area contributed by atoms with Gasteiger partial charge in [-0.2, -0.15) is 0 Å². The molecule has 2 heterocycles. The molecule has 1 atom stereocenters. The third kappa shape index (κ3) is 1.13. The van der Waals surface area contributed by atoms with Gasteiger partial charge in [-0.15, -0.1) is 0 Å². The van der Waals surface area contributed by atoms with Gasteiger partial charge in [0.1, 0.15) is 17.1 Å².